The molecule has 27 heavy (non-hydrogen) atoms. The summed E-state index contributed by atoms with van der Waals surface area (Å²) in [5.41, 5.74) is 3.60. The van der Waals surface area contributed by atoms with Gasteiger partial charge in [0.1, 0.15) is 25.0 Å². The predicted octanol–water partition coefficient (Wildman–Crippen LogP) is -0.885. The third-order valence-corrected chi connectivity index (χ3v) is 6.05. The molecule has 9 nitrogen and oxygen atoms in total. The summed E-state index contributed by atoms with van der Waals surface area (Å²) >= 11 is 0. The number of hydrogen-bond acceptors (Lipinski definition) is 5. The molecule has 6 rings (SSSR count). The molecule has 0 saturated heterocycles. The van der Waals surface area contributed by atoms with Gasteiger partial charge in [-0.3, -0.25) is 9.25 Å². The van der Waals surface area contributed by atoms with Crippen LogP contribution in [-0.2, 0) is 26.2 Å². The first-order valence-corrected chi connectivity index (χ1v) is 9.69. The average Bonchev–Trinajstić information content (AvgIpc) is 3.44. The van der Waals surface area contributed by atoms with Gasteiger partial charge in [-0.25, -0.2) is 14.1 Å². The number of imidazole rings is 2. The molecule has 0 amide bonds. The summed E-state index contributed by atoms with van der Waals surface area (Å²) < 4.78 is 9.20. The minimum atomic E-state index is 0.148. The van der Waals surface area contributed by atoms with Gasteiger partial charge in [0.2, 0.25) is 0 Å². The van der Waals surface area contributed by atoms with E-state index >= 15 is 0 Å². The Kier molecular flexibility index (Phi) is 3.46. The molecule has 2 atom stereocenters. The lowest BCUT2D eigenvalue weighted by atomic mass is 10.1. The molecule has 3 N–H and O–H groups in total. The van der Waals surface area contributed by atoms with E-state index in [0.29, 0.717) is 0 Å². The van der Waals surface area contributed by atoms with Gasteiger partial charge in [0, 0.05) is 32.4 Å². The molecule has 9 heteroatoms. The zero-order valence-electron chi connectivity index (χ0n) is 15.2. The lowest BCUT2D eigenvalue weighted by Crippen LogP contribution is -2.54. The largest absolute Gasteiger partial charge is 0.309 e. The molecule has 2 unspecified atom stereocenters. The van der Waals surface area contributed by atoms with Crippen LogP contribution in [0.25, 0.3) is 0 Å². The van der Waals surface area contributed by atoms with Gasteiger partial charge < -0.3 is 16.0 Å². The van der Waals surface area contributed by atoms with Crippen LogP contribution in [0, 0.1) is 0 Å². The van der Waals surface area contributed by atoms with E-state index in [1.54, 1.807) is 0 Å². The van der Waals surface area contributed by atoms with E-state index in [2.05, 4.69) is 57.9 Å². The summed E-state index contributed by atoms with van der Waals surface area (Å²) in [6, 6.07) is 2.23. The van der Waals surface area contributed by atoms with Crippen LogP contribution in [-0.4, -0.2) is 43.5 Å². The van der Waals surface area contributed by atoms with Crippen molar-refractivity contribution < 1.29 is 4.57 Å². The van der Waals surface area contributed by atoms with Crippen LogP contribution in [0.1, 0.15) is 35.1 Å². The smallest absolute Gasteiger partial charge is 0.272 e. The van der Waals surface area contributed by atoms with Crippen LogP contribution in [0.3, 0.4) is 0 Å². The second-order valence-electron chi connectivity index (χ2n) is 7.50. The maximum Gasteiger partial charge on any atom is 0.272 e. The maximum absolute atomic E-state index is 4.86. The summed E-state index contributed by atoms with van der Waals surface area (Å²) in [7, 11) is 0. The molecule has 3 aliphatic rings. The third-order valence-electron chi connectivity index (χ3n) is 6.05. The molecule has 3 aliphatic heterocycles. The van der Waals surface area contributed by atoms with Gasteiger partial charge in [-0.2, -0.15) is 5.10 Å². The molecule has 0 bridgehead atoms. The molecule has 0 radical (unpaired) electrons. The van der Waals surface area contributed by atoms with Gasteiger partial charge in [-0.1, -0.05) is 0 Å². The Morgan fingerprint density at radius 3 is 3.07 bits per heavy atom. The monoisotopic (exact) mass is 366 g/mol. The number of nitrogens with one attached hydrogen (secondary N) is 3. The summed E-state index contributed by atoms with van der Waals surface area (Å²) in [5.74, 6) is 1.32. The van der Waals surface area contributed by atoms with E-state index in [1.807, 2.05) is 12.5 Å². The van der Waals surface area contributed by atoms with Gasteiger partial charge in [0.15, 0.2) is 6.17 Å². The Morgan fingerprint density at radius 1 is 1.11 bits per heavy atom. The normalized spacial score (nSPS) is 24.3. The van der Waals surface area contributed by atoms with Crippen LogP contribution in [0.4, 0.5) is 0 Å². The summed E-state index contributed by atoms with van der Waals surface area (Å²) in [6.45, 7) is 6.44. The zero-order valence-corrected chi connectivity index (χ0v) is 15.2. The summed E-state index contributed by atoms with van der Waals surface area (Å²) in [6.07, 6.45) is 8.51. The molecule has 0 fully saturated rings. The molecule has 140 valence electrons. The number of aromatic nitrogens is 6. The van der Waals surface area contributed by atoms with Crippen molar-refractivity contribution in [2.75, 3.05) is 19.6 Å². The van der Waals surface area contributed by atoms with E-state index in [0.717, 1.165) is 51.5 Å². The van der Waals surface area contributed by atoms with E-state index in [9.17, 15) is 0 Å². The van der Waals surface area contributed by atoms with Gasteiger partial charge in [-0.05, 0) is 6.07 Å². The van der Waals surface area contributed by atoms with Crippen molar-refractivity contribution in [1.29, 1.82) is 0 Å². The highest BCUT2D eigenvalue weighted by Crippen LogP contribution is 2.27. The minimum Gasteiger partial charge on any atom is -0.309 e. The van der Waals surface area contributed by atoms with Crippen LogP contribution < -0.4 is 20.5 Å². The highest BCUT2D eigenvalue weighted by molar-refractivity contribution is 5.23. The summed E-state index contributed by atoms with van der Waals surface area (Å²) in [5, 5.41) is 15.2. The molecular weight excluding hydrogens is 342 g/mol. The fraction of sp³-hybridized carbons (Fsp3) is 0.500. The fourth-order valence-corrected chi connectivity index (χ4v) is 4.71. The van der Waals surface area contributed by atoms with Crippen molar-refractivity contribution in [3.05, 3.63) is 53.9 Å². The van der Waals surface area contributed by atoms with Gasteiger partial charge in [0.25, 0.3) is 5.82 Å². The number of nitrogens with zero attached hydrogens (tertiary/aromatic N) is 6. The van der Waals surface area contributed by atoms with Gasteiger partial charge in [-0.15, -0.1) is 0 Å². The highest BCUT2D eigenvalue weighted by Gasteiger charge is 2.34. The predicted molar refractivity (Wildman–Crippen MR) is 96.8 cm³/mol. The minimum absolute atomic E-state index is 0.148. The van der Waals surface area contributed by atoms with Crippen molar-refractivity contribution in [1.82, 2.24) is 39.8 Å². The second kappa shape index (κ2) is 6.01. The molecule has 0 aliphatic carbocycles. The van der Waals surface area contributed by atoms with E-state index in [4.69, 9.17) is 4.98 Å². The highest BCUT2D eigenvalue weighted by atomic mass is 15.4. The number of rotatable bonds is 2. The van der Waals surface area contributed by atoms with Crippen molar-refractivity contribution in [2.45, 2.75) is 38.4 Å². The molecule has 3 aromatic heterocycles. The van der Waals surface area contributed by atoms with Crippen LogP contribution in [0.15, 0.2) is 31.0 Å². The Morgan fingerprint density at radius 2 is 2.07 bits per heavy atom. The average molecular weight is 366 g/mol. The topological polar surface area (TPSA) is 80.5 Å². The first kappa shape index (κ1) is 15.6. The number of hydrogen-bond donors (Lipinski definition) is 3. The van der Waals surface area contributed by atoms with Gasteiger partial charge >= 0.3 is 0 Å². The van der Waals surface area contributed by atoms with Crippen molar-refractivity contribution in [2.24, 2.45) is 0 Å². The second-order valence-corrected chi connectivity index (χ2v) is 7.50. The molecule has 6 heterocycles. The Bertz CT molecular complexity index is 981. The van der Waals surface area contributed by atoms with E-state index in [1.165, 1.54) is 17.2 Å². The quantitative estimate of drug-likeness (QED) is 0.513. The van der Waals surface area contributed by atoms with Crippen LogP contribution in [0.2, 0.25) is 0 Å². The Balaban J connectivity index is 1.41. The summed E-state index contributed by atoms with van der Waals surface area (Å²) in [4.78, 5) is 4.86. The Hall–Kier alpha value is -2.49. The standard InChI is InChI=1S/C18H24N9/c1-2-23-27-13(1)7-20-9-15(27)18-14-8-21-11-17(26(14)12-22-18)25-6-5-24-4-3-19-10-16(24)25/h1-2,5-6,12,15,17,19-21H,3-4,7-11H2/q+1. The van der Waals surface area contributed by atoms with Crippen molar-refractivity contribution in [3.8, 4) is 0 Å². The maximum atomic E-state index is 4.86. The van der Waals surface area contributed by atoms with E-state index < -0.39 is 0 Å². The molecule has 0 saturated carbocycles. The third kappa shape index (κ3) is 2.32. The van der Waals surface area contributed by atoms with Crippen LogP contribution in [0.5, 0.6) is 0 Å². The first-order valence-electron chi connectivity index (χ1n) is 9.69. The molecule has 3 aromatic rings. The lowest BCUT2D eigenvalue weighted by Gasteiger charge is -2.29. The van der Waals surface area contributed by atoms with Crippen molar-refractivity contribution in [3.63, 3.8) is 0 Å². The number of fused-ring (bicyclic) bond motifs is 3. The molecule has 0 aromatic carbocycles. The fourth-order valence-electron chi connectivity index (χ4n) is 4.71. The van der Waals surface area contributed by atoms with Gasteiger partial charge in [0.05, 0.1) is 36.5 Å². The molecule has 0 spiro atoms. The SMILES string of the molecule is c1cc2n(n1)C(c1ncn3c1CNCC3[n+]1ccn3c1CNCC3)CNC2. The first-order chi connectivity index (χ1) is 13.4. The zero-order chi connectivity index (χ0) is 17.8. The lowest BCUT2D eigenvalue weighted by molar-refractivity contribution is -0.734. The Labute approximate surface area is 157 Å². The van der Waals surface area contributed by atoms with E-state index in [-0.39, 0.29) is 12.2 Å². The van der Waals surface area contributed by atoms with Crippen LogP contribution >= 0.6 is 0 Å². The molecular formula is C18H24N9+. The van der Waals surface area contributed by atoms with Crippen molar-refractivity contribution >= 4 is 0 Å².